The van der Waals surface area contributed by atoms with Gasteiger partial charge in [0, 0.05) is 42.7 Å². The first kappa shape index (κ1) is 17.3. The van der Waals surface area contributed by atoms with E-state index in [4.69, 9.17) is 5.26 Å². The summed E-state index contributed by atoms with van der Waals surface area (Å²) in [5.74, 6) is 0.138. The Morgan fingerprint density at radius 3 is 2.56 bits per heavy atom. The highest BCUT2D eigenvalue weighted by molar-refractivity contribution is 5.98. The van der Waals surface area contributed by atoms with Gasteiger partial charge in [0.2, 0.25) is 5.91 Å². The molecular formula is C22H21N3O2. The number of carbonyl (C=O) groups excluding carboxylic acids is 2. The molecule has 4 rings (SSSR count). The second-order valence-corrected chi connectivity index (χ2v) is 7.61. The van der Waals surface area contributed by atoms with Crippen LogP contribution in [0.1, 0.15) is 34.3 Å². The molecular weight excluding hydrogens is 338 g/mol. The molecule has 5 heteroatoms. The Kier molecular flexibility index (Phi) is 4.19. The van der Waals surface area contributed by atoms with Gasteiger partial charge in [0.05, 0.1) is 11.6 Å². The molecule has 2 saturated heterocycles. The maximum absolute atomic E-state index is 12.9. The number of likely N-dealkylation sites (tertiary alicyclic amines) is 1. The van der Waals surface area contributed by atoms with E-state index in [2.05, 4.69) is 6.07 Å². The lowest BCUT2D eigenvalue weighted by Gasteiger charge is -2.24. The number of nitrogens with zero attached hydrogens (tertiary/aromatic N) is 3. The molecule has 0 aromatic heterocycles. The second-order valence-electron chi connectivity index (χ2n) is 7.61. The fourth-order valence-corrected chi connectivity index (χ4v) is 4.21. The number of amides is 2. The van der Waals surface area contributed by atoms with Crippen molar-refractivity contribution in [1.29, 1.82) is 5.26 Å². The molecule has 2 heterocycles. The number of anilines is 1. The van der Waals surface area contributed by atoms with E-state index in [1.54, 1.807) is 17.0 Å². The van der Waals surface area contributed by atoms with E-state index in [1.165, 1.54) is 0 Å². The number of hydrogen-bond acceptors (Lipinski definition) is 3. The van der Waals surface area contributed by atoms with Crippen molar-refractivity contribution in [2.45, 2.75) is 19.8 Å². The van der Waals surface area contributed by atoms with Crippen LogP contribution in [0.3, 0.4) is 0 Å². The first-order chi connectivity index (χ1) is 13.0. The zero-order chi connectivity index (χ0) is 19.0. The molecule has 0 unspecified atom stereocenters. The van der Waals surface area contributed by atoms with Crippen molar-refractivity contribution >= 4 is 17.5 Å². The highest BCUT2D eigenvalue weighted by Crippen LogP contribution is 2.42. The Labute approximate surface area is 158 Å². The Hall–Kier alpha value is -3.13. The Balaban J connectivity index is 1.51. The number of benzene rings is 2. The molecule has 136 valence electrons. The smallest absolute Gasteiger partial charge is 0.254 e. The zero-order valence-corrected chi connectivity index (χ0v) is 15.3. The molecule has 0 aliphatic carbocycles. The molecule has 27 heavy (non-hydrogen) atoms. The lowest BCUT2D eigenvalue weighted by atomic mass is 9.86. The fraction of sp³-hybridized carbons (Fsp3) is 0.318. The average molecular weight is 359 g/mol. The largest absolute Gasteiger partial charge is 0.338 e. The average Bonchev–Trinajstić information content (AvgIpc) is 3.24. The molecule has 5 nitrogen and oxygen atoms in total. The highest BCUT2D eigenvalue weighted by Gasteiger charge is 2.48. The number of nitriles is 1. The van der Waals surface area contributed by atoms with Crippen LogP contribution < -0.4 is 4.90 Å². The van der Waals surface area contributed by atoms with Gasteiger partial charge in [0.15, 0.2) is 0 Å². The van der Waals surface area contributed by atoms with Crippen LogP contribution in [0.25, 0.3) is 0 Å². The van der Waals surface area contributed by atoms with Gasteiger partial charge < -0.3 is 9.80 Å². The quantitative estimate of drug-likeness (QED) is 0.827. The predicted molar refractivity (Wildman–Crippen MR) is 102 cm³/mol. The molecule has 2 aliphatic heterocycles. The summed E-state index contributed by atoms with van der Waals surface area (Å²) < 4.78 is 0. The van der Waals surface area contributed by atoms with Gasteiger partial charge in [-0.2, -0.15) is 5.26 Å². The van der Waals surface area contributed by atoms with Crippen LogP contribution in [0.2, 0.25) is 0 Å². The summed E-state index contributed by atoms with van der Waals surface area (Å²) in [6.45, 7) is 3.86. The number of hydrogen-bond donors (Lipinski definition) is 0. The van der Waals surface area contributed by atoms with Crippen LogP contribution in [0.15, 0.2) is 48.5 Å². The lowest BCUT2D eigenvalue weighted by molar-refractivity contribution is -0.117. The third kappa shape index (κ3) is 3.08. The van der Waals surface area contributed by atoms with Crippen molar-refractivity contribution in [2.24, 2.45) is 5.41 Å². The van der Waals surface area contributed by atoms with Crippen molar-refractivity contribution < 1.29 is 9.59 Å². The molecule has 0 radical (unpaired) electrons. The Morgan fingerprint density at radius 1 is 1.11 bits per heavy atom. The van der Waals surface area contributed by atoms with E-state index in [-0.39, 0.29) is 17.2 Å². The van der Waals surface area contributed by atoms with Gasteiger partial charge in [-0.05, 0) is 49.2 Å². The summed E-state index contributed by atoms with van der Waals surface area (Å²) in [5.41, 5.74) is 2.94. The standard InChI is InChI=1S/C22H21N3O2/c1-16-4-2-3-5-19(16)21(27)24-11-10-22(14-24)12-20(26)25(15-22)18-8-6-17(13-23)7-9-18/h2-9H,10-12,14-15H2,1H3/t22-/m1/s1. The van der Waals surface area contributed by atoms with Gasteiger partial charge in [0.1, 0.15) is 0 Å². The van der Waals surface area contributed by atoms with Gasteiger partial charge in [-0.15, -0.1) is 0 Å². The molecule has 2 aliphatic rings. The summed E-state index contributed by atoms with van der Waals surface area (Å²) in [4.78, 5) is 29.2. The summed E-state index contributed by atoms with van der Waals surface area (Å²) in [7, 11) is 0. The molecule has 2 aromatic rings. The van der Waals surface area contributed by atoms with Gasteiger partial charge in [-0.25, -0.2) is 0 Å². The van der Waals surface area contributed by atoms with Crippen LogP contribution >= 0.6 is 0 Å². The second kappa shape index (κ2) is 6.55. The number of aryl methyl sites for hydroxylation is 1. The van der Waals surface area contributed by atoms with Crippen molar-refractivity contribution in [3.8, 4) is 6.07 Å². The lowest BCUT2D eigenvalue weighted by Crippen LogP contribution is -2.34. The van der Waals surface area contributed by atoms with E-state index in [9.17, 15) is 9.59 Å². The molecule has 1 atom stereocenters. The topological polar surface area (TPSA) is 64.4 Å². The molecule has 2 aromatic carbocycles. The van der Waals surface area contributed by atoms with E-state index in [1.807, 2.05) is 48.2 Å². The molecule has 0 N–H and O–H groups in total. The summed E-state index contributed by atoms with van der Waals surface area (Å²) >= 11 is 0. The zero-order valence-electron chi connectivity index (χ0n) is 15.3. The minimum absolute atomic E-state index is 0.0502. The Morgan fingerprint density at radius 2 is 1.85 bits per heavy atom. The first-order valence-corrected chi connectivity index (χ1v) is 9.17. The van der Waals surface area contributed by atoms with Crippen LogP contribution in [0, 0.1) is 23.7 Å². The van der Waals surface area contributed by atoms with E-state index in [0.717, 1.165) is 23.2 Å². The summed E-state index contributed by atoms with van der Waals surface area (Å²) in [6.07, 6.45) is 1.30. The van der Waals surface area contributed by atoms with Gasteiger partial charge in [-0.3, -0.25) is 9.59 Å². The van der Waals surface area contributed by atoms with E-state index >= 15 is 0 Å². The third-order valence-corrected chi connectivity index (χ3v) is 5.73. The van der Waals surface area contributed by atoms with Crippen LogP contribution in [-0.4, -0.2) is 36.3 Å². The van der Waals surface area contributed by atoms with E-state index in [0.29, 0.717) is 31.6 Å². The van der Waals surface area contributed by atoms with Gasteiger partial charge >= 0.3 is 0 Å². The highest BCUT2D eigenvalue weighted by atomic mass is 16.2. The van der Waals surface area contributed by atoms with E-state index < -0.39 is 0 Å². The molecule has 0 bridgehead atoms. The van der Waals surface area contributed by atoms with Crippen LogP contribution in [-0.2, 0) is 4.79 Å². The number of rotatable bonds is 2. The first-order valence-electron chi connectivity index (χ1n) is 9.17. The van der Waals surface area contributed by atoms with Gasteiger partial charge in [0.25, 0.3) is 5.91 Å². The minimum Gasteiger partial charge on any atom is -0.338 e. The van der Waals surface area contributed by atoms with Crippen LogP contribution in [0.4, 0.5) is 5.69 Å². The normalized spacial score (nSPS) is 21.7. The van der Waals surface area contributed by atoms with Crippen LogP contribution in [0.5, 0.6) is 0 Å². The fourth-order valence-electron chi connectivity index (χ4n) is 4.21. The SMILES string of the molecule is Cc1ccccc1C(=O)N1CC[C@@]2(CC(=O)N(c3ccc(C#N)cc3)C2)C1. The summed E-state index contributed by atoms with van der Waals surface area (Å²) in [5, 5.41) is 8.94. The van der Waals surface area contributed by atoms with Crippen molar-refractivity contribution in [2.75, 3.05) is 24.5 Å². The number of carbonyl (C=O) groups is 2. The predicted octanol–water partition coefficient (Wildman–Crippen LogP) is 3.14. The Bertz CT molecular complexity index is 945. The molecule has 0 saturated carbocycles. The maximum Gasteiger partial charge on any atom is 0.254 e. The van der Waals surface area contributed by atoms with Gasteiger partial charge in [-0.1, -0.05) is 18.2 Å². The molecule has 1 spiro atoms. The minimum atomic E-state index is -0.177. The third-order valence-electron chi connectivity index (χ3n) is 5.73. The van der Waals surface area contributed by atoms with Crippen molar-refractivity contribution in [3.63, 3.8) is 0 Å². The molecule has 2 amide bonds. The monoisotopic (exact) mass is 359 g/mol. The van der Waals surface area contributed by atoms with Crippen molar-refractivity contribution in [3.05, 3.63) is 65.2 Å². The van der Waals surface area contributed by atoms with Crippen molar-refractivity contribution in [1.82, 2.24) is 4.90 Å². The maximum atomic E-state index is 12.9. The summed E-state index contributed by atoms with van der Waals surface area (Å²) in [6, 6.07) is 16.8. The molecule has 2 fully saturated rings.